The third-order valence-electron chi connectivity index (χ3n) is 5.15. The number of hydrogen-bond acceptors (Lipinski definition) is 3. The van der Waals surface area contributed by atoms with E-state index < -0.39 is 11.5 Å². The zero-order valence-electron chi connectivity index (χ0n) is 12.3. The van der Waals surface area contributed by atoms with E-state index in [2.05, 4.69) is 11.8 Å². The molecule has 0 bridgehead atoms. The highest BCUT2D eigenvalue weighted by molar-refractivity contribution is 5.77. The fourth-order valence-electron chi connectivity index (χ4n) is 3.86. The van der Waals surface area contributed by atoms with Gasteiger partial charge in [-0.25, -0.2) is 0 Å². The van der Waals surface area contributed by atoms with Crippen LogP contribution in [-0.2, 0) is 4.79 Å². The van der Waals surface area contributed by atoms with Crippen molar-refractivity contribution in [3.63, 3.8) is 0 Å². The first-order valence-electron chi connectivity index (χ1n) is 7.66. The molecule has 110 valence electrons. The summed E-state index contributed by atoms with van der Waals surface area (Å²) in [5.74, 6) is 0.853. The number of nitrogens with zero attached hydrogens (tertiary/aromatic N) is 1. The summed E-state index contributed by atoms with van der Waals surface area (Å²) in [5.41, 5.74) is 4.76. The zero-order valence-corrected chi connectivity index (χ0v) is 12.3. The van der Waals surface area contributed by atoms with E-state index in [1.807, 2.05) is 0 Å². The second-order valence-corrected chi connectivity index (χ2v) is 6.86. The fraction of sp³-hybridized carbons (Fsp3) is 0.933. The second-order valence-electron chi connectivity index (χ2n) is 6.86. The van der Waals surface area contributed by atoms with Crippen molar-refractivity contribution in [3.05, 3.63) is 0 Å². The van der Waals surface area contributed by atoms with Gasteiger partial charge in [-0.15, -0.1) is 0 Å². The van der Waals surface area contributed by atoms with E-state index in [-0.39, 0.29) is 6.04 Å². The molecular formula is C15H28N2O2. The van der Waals surface area contributed by atoms with Crippen LogP contribution >= 0.6 is 0 Å². The number of fused-ring (bicyclic) bond motifs is 1. The lowest BCUT2D eigenvalue weighted by molar-refractivity contribution is -0.143. The molecule has 0 spiro atoms. The van der Waals surface area contributed by atoms with E-state index >= 15 is 0 Å². The van der Waals surface area contributed by atoms with Crippen LogP contribution in [0.15, 0.2) is 0 Å². The summed E-state index contributed by atoms with van der Waals surface area (Å²) in [6, 6.07) is 0.258. The molecule has 2 rings (SSSR count). The van der Waals surface area contributed by atoms with E-state index in [1.165, 1.54) is 32.1 Å². The van der Waals surface area contributed by atoms with Crippen molar-refractivity contribution in [2.75, 3.05) is 13.1 Å². The standard InChI is InChI=1S/C15H28N2O2/c1-11(9-15(2,16)14(18)19)17-8-7-12-5-3-4-6-13(12)10-17/h11-13H,3-10,16H2,1-2H3,(H,18,19). The lowest BCUT2D eigenvalue weighted by atomic mass is 9.74. The molecule has 0 aromatic rings. The predicted octanol–water partition coefficient (Wildman–Crippen LogP) is 2.08. The topological polar surface area (TPSA) is 66.6 Å². The molecule has 0 radical (unpaired) electrons. The zero-order chi connectivity index (χ0) is 14.0. The number of piperidine rings is 1. The van der Waals surface area contributed by atoms with Crippen LogP contribution in [0.4, 0.5) is 0 Å². The Balaban J connectivity index is 1.90. The van der Waals surface area contributed by atoms with Crippen molar-refractivity contribution < 1.29 is 9.90 Å². The molecule has 0 amide bonds. The maximum absolute atomic E-state index is 11.1. The van der Waals surface area contributed by atoms with Gasteiger partial charge in [0, 0.05) is 12.6 Å². The van der Waals surface area contributed by atoms with Crippen molar-refractivity contribution in [1.29, 1.82) is 0 Å². The lowest BCUT2D eigenvalue weighted by Gasteiger charge is -2.44. The number of hydrogen-bond donors (Lipinski definition) is 2. The number of aliphatic carboxylic acids is 1. The monoisotopic (exact) mass is 268 g/mol. The number of rotatable bonds is 4. The van der Waals surface area contributed by atoms with Gasteiger partial charge in [-0.3, -0.25) is 4.79 Å². The third-order valence-corrected chi connectivity index (χ3v) is 5.15. The third kappa shape index (κ3) is 3.48. The number of likely N-dealkylation sites (tertiary alicyclic amines) is 1. The Morgan fingerprint density at radius 2 is 2.00 bits per heavy atom. The predicted molar refractivity (Wildman–Crippen MR) is 75.9 cm³/mol. The van der Waals surface area contributed by atoms with Crippen LogP contribution in [0.5, 0.6) is 0 Å². The first-order valence-corrected chi connectivity index (χ1v) is 7.66. The lowest BCUT2D eigenvalue weighted by Crippen LogP contribution is -2.52. The van der Waals surface area contributed by atoms with E-state index in [4.69, 9.17) is 10.8 Å². The van der Waals surface area contributed by atoms with Crippen molar-refractivity contribution in [3.8, 4) is 0 Å². The minimum atomic E-state index is -1.11. The molecule has 1 aliphatic heterocycles. The Kier molecular flexibility index (Phi) is 4.51. The van der Waals surface area contributed by atoms with Crippen molar-refractivity contribution in [1.82, 2.24) is 4.90 Å². The van der Waals surface area contributed by atoms with E-state index in [0.717, 1.165) is 24.9 Å². The molecule has 0 aromatic heterocycles. The summed E-state index contributed by atoms with van der Waals surface area (Å²) in [7, 11) is 0. The van der Waals surface area contributed by atoms with Gasteiger partial charge in [-0.2, -0.15) is 0 Å². The maximum atomic E-state index is 11.1. The van der Waals surface area contributed by atoms with Crippen LogP contribution in [0.3, 0.4) is 0 Å². The fourth-order valence-corrected chi connectivity index (χ4v) is 3.86. The van der Waals surface area contributed by atoms with Crippen LogP contribution in [0.25, 0.3) is 0 Å². The van der Waals surface area contributed by atoms with E-state index in [1.54, 1.807) is 6.92 Å². The summed E-state index contributed by atoms with van der Waals surface area (Å²) in [6.07, 6.45) is 7.33. The smallest absolute Gasteiger partial charge is 0.323 e. The van der Waals surface area contributed by atoms with Gasteiger partial charge in [0.15, 0.2) is 0 Å². The Morgan fingerprint density at radius 3 is 2.63 bits per heavy atom. The Bertz CT molecular complexity index is 330. The normalized spacial score (nSPS) is 33.2. The number of nitrogens with two attached hydrogens (primary N) is 1. The van der Waals surface area contributed by atoms with Gasteiger partial charge in [0.1, 0.15) is 5.54 Å². The molecular weight excluding hydrogens is 240 g/mol. The highest BCUT2D eigenvalue weighted by Gasteiger charge is 2.36. The molecule has 0 aromatic carbocycles. The summed E-state index contributed by atoms with van der Waals surface area (Å²) < 4.78 is 0. The van der Waals surface area contributed by atoms with E-state index in [9.17, 15) is 4.79 Å². The number of carboxylic acid groups (broad SMARTS) is 1. The van der Waals surface area contributed by atoms with Crippen LogP contribution in [0.1, 0.15) is 52.4 Å². The first kappa shape index (κ1) is 14.8. The highest BCUT2D eigenvalue weighted by Crippen LogP contribution is 2.37. The van der Waals surface area contributed by atoms with Crippen molar-refractivity contribution >= 4 is 5.97 Å². The average molecular weight is 268 g/mol. The molecule has 1 saturated heterocycles. The molecule has 19 heavy (non-hydrogen) atoms. The molecule has 4 atom stereocenters. The Labute approximate surface area is 116 Å². The quantitative estimate of drug-likeness (QED) is 0.819. The molecule has 1 heterocycles. The van der Waals surface area contributed by atoms with Gasteiger partial charge in [-0.05, 0) is 51.5 Å². The van der Waals surface area contributed by atoms with Crippen molar-refractivity contribution in [2.24, 2.45) is 17.6 Å². The molecule has 1 saturated carbocycles. The van der Waals surface area contributed by atoms with Gasteiger partial charge in [0.25, 0.3) is 0 Å². The molecule has 4 nitrogen and oxygen atoms in total. The molecule has 3 N–H and O–H groups in total. The molecule has 4 heteroatoms. The first-order chi connectivity index (χ1) is 8.90. The summed E-state index contributed by atoms with van der Waals surface area (Å²) in [6.45, 7) is 6.00. The number of carboxylic acids is 1. The Morgan fingerprint density at radius 1 is 1.37 bits per heavy atom. The van der Waals surface area contributed by atoms with Crippen LogP contribution < -0.4 is 5.73 Å². The molecule has 2 fully saturated rings. The largest absolute Gasteiger partial charge is 0.480 e. The Hall–Kier alpha value is -0.610. The maximum Gasteiger partial charge on any atom is 0.323 e. The summed E-state index contributed by atoms with van der Waals surface area (Å²) in [5, 5.41) is 9.13. The van der Waals surface area contributed by atoms with Crippen LogP contribution in [0, 0.1) is 11.8 Å². The van der Waals surface area contributed by atoms with Gasteiger partial charge in [-0.1, -0.05) is 19.3 Å². The molecule has 4 unspecified atom stereocenters. The van der Waals surface area contributed by atoms with Gasteiger partial charge in [0.05, 0.1) is 0 Å². The van der Waals surface area contributed by atoms with Crippen molar-refractivity contribution in [2.45, 2.75) is 64.0 Å². The minimum absolute atomic E-state index is 0.258. The summed E-state index contributed by atoms with van der Waals surface area (Å²) >= 11 is 0. The highest BCUT2D eigenvalue weighted by atomic mass is 16.4. The van der Waals surface area contributed by atoms with E-state index in [0.29, 0.717) is 6.42 Å². The molecule has 1 aliphatic carbocycles. The van der Waals surface area contributed by atoms with Gasteiger partial charge in [0.2, 0.25) is 0 Å². The van der Waals surface area contributed by atoms with Crippen LogP contribution in [0.2, 0.25) is 0 Å². The molecule has 2 aliphatic rings. The van der Waals surface area contributed by atoms with Gasteiger partial charge < -0.3 is 15.7 Å². The average Bonchev–Trinajstić information content (AvgIpc) is 2.37. The summed E-state index contributed by atoms with van der Waals surface area (Å²) in [4.78, 5) is 13.6. The van der Waals surface area contributed by atoms with Gasteiger partial charge >= 0.3 is 5.97 Å². The SMILES string of the molecule is CC(CC(C)(N)C(=O)O)N1CCC2CCCCC2C1. The second kappa shape index (κ2) is 5.80. The van der Waals surface area contributed by atoms with Crippen LogP contribution in [-0.4, -0.2) is 40.6 Å². The number of carbonyl (C=O) groups is 1. The minimum Gasteiger partial charge on any atom is -0.480 e.